The van der Waals surface area contributed by atoms with E-state index in [0.29, 0.717) is 30.1 Å². The summed E-state index contributed by atoms with van der Waals surface area (Å²) in [6, 6.07) is 1.39. The Morgan fingerprint density at radius 2 is 1.84 bits per heavy atom. The Labute approximate surface area is 185 Å². The van der Waals surface area contributed by atoms with Gasteiger partial charge in [0.1, 0.15) is 0 Å². The summed E-state index contributed by atoms with van der Waals surface area (Å²) in [7, 11) is 0. The number of carboxylic acids is 1. The number of aliphatic carboxylic acids is 1. The quantitative estimate of drug-likeness (QED) is 0.712. The Balaban J connectivity index is 1.26. The molecule has 2 saturated carbocycles. The van der Waals surface area contributed by atoms with Gasteiger partial charge in [-0.3, -0.25) is 14.6 Å². The summed E-state index contributed by atoms with van der Waals surface area (Å²) in [5, 5.41) is 12.7. The normalized spacial score (nSPS) is 28.4. The number of nitrogens with one attached hydrogen (secondary N) is 1. The van der Waals surface area contributed by atoms with E-state index in [1.807, 2.05) is 0 Å². The summed E-state index contributed by atoms with van der Waals surface area (Å²) < 4.78 is 39.0. The third-order valence-corrected chi connectivity index (χ3v) is 7.35. The van der Waals surface area contributed by atoms with Crippen LogP contribution in [0.15, 0.2) is 12.3 Å². The van der Waals surface area contributed by atoms with Gasteiger partial charge >= 0.3 is 12.1 Å². The highest BCUT2D eigenvalue weighted by Gasteiger charge is 2.36. The number of aromatic nitrogens is 1. The summed E-state index contributed by atoms with van der Waals surface area (Å²) >= 11 is 0. The van der Waals surface area contributed by atoms with Gasteiger partial charge in [0.05, 0.1) is 11.5 Å². The van der Waals surface area contributed by atoms with E-state index in [2.05, 4.69) is 10.3 Å². The van der Waals surface area contributed by atoms with Gasteiger partial charge in [-0.05, 0) is 69.0 Å². The first kappa shape index (κ1) is 23.0. The lowest BCUT2D eigenvalue weighted by Crippen LogP contribution is -2.40. The fourth-order valence-electron chi connectivity index (χ4n) is 5.37. The van der Waals surface area contributed by atoms with Crippen LogP contribution in [0.25, 0.3) is 0 Å². The number of alkyl halides is 3. The molecule has 1 amide bonds. The third-order valence-electron chi connectivity index (χ3n) is 7.35. The van der Waals surface area contributed by atoms with Crippen LogP contribution in [0.5, 0.6) is 0 Å². The van der Waals surface area contributed by atoms with Crippen molar-refractivity contribution in [1.29, 1.82) is 0 Å². The number of halogens is 3. The van der Waals surface area contributed by atoms with Gasteiger partial charge in [0.15, 0.2) is 0 Å². The van der Waals surface area contributed by atoms with Gasteiger partial charge in [-0.15, -0.1) is 0 Å². The highest BCUT2D eigenvalue weighted by Crippen LogP contribution is 2.33. The number of hydrogen-bond acceptors (Lipinski definition) is 4. The molecule has 2 fully saturated rings. The smallest absolute Gasteiger partial charge is 0.417 e. The third kappa shape index (κ3) is 5.24. The lowest BCUT2D eigenvalue weighted by Gasteiger charge is -2.31. The van der Waals surface area contributed by atoms with Gasteiger partial charge in [0, 0.05) is 43.4 Å². The Hall–Kier alpha value is -2.16. The van der Waals surface area contributed by atoms with Crippen molar-refractivity contribution < 1.29 is 27.9 Å². The van der Waals surface area contributed by atoms with Crippen LogP contribution in [0.3, 0.4) is 0 Å². The number of carbonyl (C=O) groups excluding carboxylic acids is 1. The van der Waals surface area contributed by atoms with Crippen molar-refractivity contribution in [3.63, 3.8) is 0 Å². The van der Waals surface area contributed by atoms with E-state index in [1.165, 1.54) is 0 Å². The van der Waals surface area contributed by atoms with Crippen LogP contribution in [-0.2, 0) is 28.7 Å². The molecule has 2 aliphatic carbocycles. The molecule has 3 aliphatic rings. The van der Waals surface area contributed by atoms with E-state index < -0.39 is 17.7 Å². The minimum atomic E-state index is -4.44. The zero-order valence-electron chi connectivity index (χ0n) is 18.0. The standard InChI is InChI=1S/C23H30F3N3O3/c24-23(25,26)18-9-17-13-29(8-7-20(17)28-12-18)21(30)16-5-6-19(10-16)27-11-14-1-3-15(4-2-14)22(31)32/h9,12,14-16,19,27H,1-8,10-11,13H2,(H,31,32). The SMILES string of the molecule is O=C(O)C1CCC(CNC2CCC(C(=O)N3CCc4ncc(C(F)(F)F)cc4C3)C2)CC1. The van der Waals surface area contributed by atoms with Crippen LogP contribution in [-0.4, -0.2) is 46.0 Å². The summed E-state index contributed by atoms with van der Waals surface area (Å²) in [6.07, 6.45) is 2.64. The maximum atomic E-state index is 13.0. The van der Waals surface area contributed by atoms with Crippen molar-refractivity contribution in [2.75, 3.05) is 13.1 Å². The lowest BCUT2D eigenvalue weighted by molar-refractivity contribution is -0.143. The van der Waals surface area contributed by atoms with Crippen LogP contribution < -0.4 is 5.32 Å². The molecular weight excluding hydrogens is 423 g/mol. The number of nitrogens with zero attached hydrogens (tertiary/aromatic N) is 2. The predicted molar refractivity (Wildman–Crippen MR) is 111 cm³/mol. The Kier molecular flexibility index (Phi) is 6.74. The molecule has 2 unspecified atom stereocenters. The van der Waals surface area contributed by atoms with Crippen molar-refractivity contribution in [3.8, 4) is 0 Å². The molecule has 32 heavy (non-hydrogen) atoms. The van der Waals surface area contributed by atoms with Gasteiger partial charge in [-0.2, -0.15) is 13.2 Å². The van der Waals surface area contributed by atoms with Gasteiger partial charge in [0.2, 0.25) is 5.91 Å². The average molecular weight is 454 g/mol. The van der Waals surface area contributed by atoms with Crippen LogP contribution >= 0.6 is 0 Å². The molecular formula is C23H30F3N3O3. The van der Waals surface area contributed by atoms with Gasteiger partial charge in [-0.25, -0.2) is 0 Å². The van der Waals surface area contributed by atoms with Crippen LogP contribution in [0.2, 0.25) is 0 Å². The maximum absolute atomic E-state index is 13.0. The minimum Gasteiger partial charge on any atom is -0.481 e. The molecule has 176 valence electrons. The molecule has 4 rings (SSSR count). The van der Waals surface area contributed by atoms with Gasteiger partial charge in [-0.1, -0.05) is 0 Å². The van der Waals surface area contributed by atoms with Gasteiger partial charge in [0.25, 0.3) is 0 Å². The molecule has 1 aliphatic heterocycles. The molecule has 0 saturated heterocycles. The summed E-state index contributed by atoms with van der Waals surface area (Å²) in [5.74, 6) is -0.500. The second kappa shape index (κ2) is 9.37. The number of pyridine rings is 1. The predicted octanol–water partition coefficient (Wildman–Crippen LogP) is 3.63. The van der Waals surface area contributed by atoms with Crippen molar-refractivity contribution in [1.82, 2.24) is 15.2 Å². The lowest BCUT2D eigenvalue weighted by atomic mass is 9.82. The summed E-state index contributed by atoms with van der Waals surface area (Å²) in [6.45, 7) is 1.53. The first-order valence-electron chi connectivity index (χ1n) is 11.5. The molecule has 1 aromatic heterocycles. The monoisotopic (exact) mass is 453 g/mol. The molecule has 9 heteroatoms. The molecule has 2 atom stereocenters. The maximum Gasteiger partial charge on any atom is 0.417 e. The number of carbonyl (C=O) groups is 2. The van der Waals surface area contributed by atoms with E-state index in [1.54, 1.807) is 4.90 Å². The molecule has 6 nitrogen and oxygen atoms in total. The molecule has 2 N–H and O–H groups in total. The average Bonchev–Trinajstić information content (AvgIpc) is 3.25. The number of amides is 1. The molecule has 0 aromatic carbocycles. The fraction of sp³-hybridized carbons (Fsp3) is 0.696. The highest BCUT2D eigenvalue weighted by molar-refractivity contribution is 5.79. The first-order valence-corrected chi connectivity index (χ1v) is 11.5. The number of carboxylic acid groups (broad SMARTS) is 1. The van der Waals surface area contributed by atoms with Crippen LogP contribution in [0.1, 0.15) is 61.8 Å². The fourth-order valence-corrected chi connectivity index (χ4v) is 5.37. The topological polar surface area (TPSA) is 82.5 Å². The zero-order valence-corrected chi connectivity index (χ0v) is 18.0. The zero-order chi connectivity index (χ0) is 22.9. The van der Waals surface area contributed by atoms with E-state index in [4.69, 9.17) is 5.11 Å². The molecule has 0 radical (unpaired) electrons. The van der Waals surface area contributed by atoms with Crippen molar-refractivity contribution >= 4 is 11.9 Å². The molecule has 0 spiro atoms. The van der Waals surface area contributed by atoms with Crippen molar-refractivity contribution in [3.05, 3.63) is 29.1 Å². The Morgan fingerprint density at radius 3 is 2.53 bits per heavy atom. The van der Waals surface area contributed by atoms with E-state index in [-0.39, 0.29) is 30.3 Å². The summed E-state index contributed by atoms with van der Waals surface area (Å²) in [4.78, 5) is 29.8. The molecule has 0 bridgehead atoms. The van der Waals surface area contributed by atoms with Crippen molar-refractivity contribution in [2.24, 2.45) is 17.8 Å². The van der Waals surface area contributed by atoms with Crippen molar-refractivity contribution in [2.45, 2.75) is 70.1 Å². The first-order chi connectivity index (χ1) is 15.2. The molecule has 1 aromatic rings. The van der Waals surface area contributed by atoms with E-state index >= 15 is 0 Å². The number of fused-ring (bicyclic) bond motifs is 1. The second-order valence-corrected chi connectivity index (χ2v) is 9.51. The Morgan fingerprint density at radius 1 is 1.12 bits per heavy atom. The van der Waals surface area contributed by atoms with E-state index in [9.17, 15) is 22.8 Å². The largest absolute Gasteiger partial charge is 0.481 e. The van der Waals surface area contributed by atoms with Crippen LogP contribution in [0, 0.1) is 17.8 Å². The second-order valence-electron chi connectivity index (χ2n) is 9.51. The van der Waals surface area contributed by atoms with E-state index in [0.717, 1.165) is 63.8 Å². The van der Waals surface area contributed by atoms with Gasteiger partial charge < -0.3 is 15.3 Å². The van der Waals surface area contributed by atoms with Crippen LogP contribution in [0.4, 0.5) is 13.2 Å². The highest BCUT2D eigenvalue weighted by atomic mass is 19.4. The summed E-state index contributed by atoms with van der Waals surface area (Å²) in [5.41, 5.74) is 0.364. The number of rotatable bonds is 5. The molecule has 2 heterocycles. The Bertz CT molecular complexity index is 853. The number of hydrogen-bond donors (Lipinski definition) is 2. The minimum absolute atomic E-state index is 0.0272.